The summed E-state index contributed by atoms with van der Waals surface area (Å²) in [6, 6.07) is 0.638. The summed E-state index contributed by atoms with van der Waals surface area (Å²) in [4.78, 5) is 14.7. The van der Waals surface area contributed by atoms with E-state index in [4.69, 9.17) is 0 Å². The molecule has 104 valence electrons. The Morgan fingerprint density at radius 2 is 2.00 bits per heavy atom. The molecule has 2 fully saturated rings. The van der Waals surface area contributed by atoms with Crippen LogP contribution in [0, 0.1) is 5.92 Å². The molecule has 3 heteroatoms. The fourth-order valence-electron chi connectivity index (χ4n) is 3.29. The summed E-state index contributed by atoms with van der Waals surface area (Å²) in [5.41, 5.74) is 0. The normalized spacial score (nSPS) is 35.3. The Kier molecular flexibility index (Phi) is 4.66. The summed E-state index contributed by atoms with van der Waals surface area (Å²) in [7, 11) is 0. The molecule has 1 aliphatic carbocycles. The van der Waals surface area contributed by atoms with Crippen LogP contribution in [0.1, 0.15) is 65.7 Å². The summed E-state index contributed by atoms with van der Waals surface area (Å²) in [5.74, 6) is 1.15. The van der Waals surface area contributed by atoms with Crippen LogP contribution in [0.25, 0.3) is 0 Å². The zero-order valence-corrected chi connectivity index (χ0v) is 12.1. The number of carbonyl (C=O) groups excluding carboxylic acids is 1. The minimum atomic E-state index is 0.0952. The molecule has 0 aromatic rings. The highest BCUT2D eigenvalue weighted by molar-refractivity contribution is 5.85. The van der Waals surface area contributed by atoms with Crippen LogP contribution in [0.2, 0.25) is 0 Å². The van der Waals surface area contributed by atoms with Crippen molar-refractivity contribution in [3.8, 4) is 0 Å². The Morgan fingerprint density at radius 3 is 2.61 bits per heavy atom. The molecule has 3 nitrogen and oxygen atoms in total. The van der Waals surface area contributed by atoms with Crippen LogP contribution in [0.5, 0.6) is 0 Å². The first-order valence-electron chi connectivity index (χ1n) is 7.81. The molecule has 0 aromatic carbocycles. The van der Waals surface area contributed by atoms with E-state index in [0.29, 0.717) is 18.1 Å². The molecule has 1 saturated heterocycles. The number of unbranched alkanes of at least 4 members (excludes halogenated alkanes) is 1. The van der Waals surface area contributed by atoms with Crippen LogP contribution in [0.15, 0.2) is 0 Å². The van der Waals surface area contributed by atoms with Crippen molar-refractivity contribution in [2.45, 2.75) is 84.0 Å². The lowest BCUT2D eigenvalue weighted by Crippen LogP contribution is -2.39. The molecule has 4 unspecified atom stereocenters. The maximum atomic E-state index is 12.5. The van der Waals surface area contributed by atoms with E-state index < -0.39 is 0 Å². The Hall–Kier alpha value is -0.570. The van der Waals surface area contributed by atoms with E-state index in [1.807, 2.05) is 0 Å². The third kappa shape index (κ3) is 2.71. The number of nitrogens with one attached hydrogen (secondary N) is 1. The lowest BCUT2D eigenvalue weighted by atomic mass is 10.1. The largest absolute Gasteiger partial charge is 0.323 e. The first-order chi connectivity index (χ1) is 8.72. The zero-order chi connectivity index (χ0) is 13.1. The molecule has 2 rings (SSSR count). The third-order valence-electron chi connectivity index (χ3n) is 4.42. The highest BCUT2D eigenvalue weighted by Gasteiger charge is 2.50. The molecule has 0 aromatic heterocycles. The van der Waals surface area contributed by atoms with Crippen LogP contribution in [0.3, 0.4) is 0 Å². The molecular weight excluding hydrogens is 224 g/mol. The Morgan fingerprint density at radius 1 is 1.22 bits per heavy atom. The smallest absolute Gasteiger partial charge is 0.241 e. The van der Waals surface area contributed by atoms with Gasteiger partial charge in [-0.1, -0.05) is 40.0 Å². The van der Waals surface area contributed by atoms with Gasteiger partial charge in [-0.3, -0.25) is 10.1 Å². The lowest BCUT2D eigenvalue weighted by molar-refractivity contribution is -0.131. The Bertz CT molecular complexity index is 292. The van der Waals surface area contributed by atoms with E-state index >= 15 is 0 Å². The molecule has 0 radical (unpaired) electrons. The number of nitrogens with zero attached hydrogens (tertiary/aromatic N) is 1. The number of hydrogen-bond donors (Lipinski definition) is 1. The minimum absolute atomic E-state index is 0.0952. The quantitative estimate of drug-likeness (QED) is 0.755. The van der Waals surface area contributed by atoms with Gasteiger partial charge in [-0.15, -0.1) is 0 Å². The topological polar surface area (TPSA) is 32.3 Å². The maximum absolute atomic E-state index is 12.5. The second-order valence-electron chi connectivity index (χ2n) is 5.88. The molecule has 1 saturated carbocycles. The molecular formula is C15H28N2O. The number of carbonyl (C=O) groups is 1. The minimum Gasteiger partial charge on any atom is -0.323 e. The molecule has 2 aliphatic rings. The van der Waals surface area contributed by atoms with Crippen molar-refractivity contribution in [1.82, 2.24) is 10.2 Å². The average molecular weight is 252 g/mol. The van der Waals surface area contributed by atoms with Crippen molar-refractivity contribution in [2.75, 3.05) is 0 Å². The van der Waals surface area contributed by atoms with Crippen LogP contribution in [-0.2, 0) is 4.79 Å². The van der Waals surface area contributed by atoms with Crippen molar-refractivity contribution < 1.29 is 4.79 Å². The summed E-state index contributed by atoms with van der Waals surface area (Å²) in [6.45, 7) is 6.60. The Labute approximate surface area is 111 Å². The van der Waals surface area contributed by atoms with Crippen molar-refractivity contribution in [2.24, 2.45) is 5.92 Å². The second-order valence-corrected chi connectivity index (χ2v) is 5.88. The van der Waals surface area contributed by atoms with Crippen LogP contribution < -0.4 is 5.32 Å². The molecule has 18 heavy (non-hydrogen) atoms. The van der Waals surface area contributed by atoms with Gasteiger partial charge in [0.2, 0.25) is 5.91 Å². The van der Waals surface area contributed by atoms with E-state index in [2.05, 4.69) is 31.0 Å². The molecule has 1 amide bonds. The molecule has 0 bridgehead atoms. The molecule has 0 spiro atoms. The van der Waals surface area contributed by atoms with Crippen LogP contribution in [-0.4, -0.2) is 29.1 Å². The first-order valence-corrected chi connectivity index (χ1v) is 7.81. The summed E-state index contributed by atoms with van der Waals surface area (Å²) < 4.78 is 0. The van der Waals surface area contributed by atoms with Crippen molar-refractivity contribution >= 4 is 5.91 Å². The van der Waals surface area contributed by atoms with E-state index in [0.717, 1.165) is 25.2 Å². The van der Waals surface area contributed by atoms with E-state index in [1.165, 1.54) is 25.7 Å². The van der Waals surface area contributed by atoms with E-state index in [9.17, 15) is 4.79 Å². The van der Waals surface area contributed by atoms with Crippen LogP contribution in [0.4, 0.5) is 0 Å². The van der Waals surface area contributed by atoms with Gasteiger partial charge in [-0.25, -0.2) is 0 Å². The predicted octanol–water partition coefficient (Wildman–Crippen LogP) is 2.90. The van der Waals surface area contributed by atoms with E-state index in [1.54, 1.807) is 0 Å². The number of amides is 1. The van der Waals surface area contributed by atoms with Gasteiger partial charge in [0, 0.05) is 6.04 Å². The fourth-order valence-corrected chi connectivity index (χ4v) is 3.29. The SMILES string of the molecule is CCCCC1NC(CC)N(C2CC2CCC)C1=O. The lowest BCUT2D eigenvalue weighted by Gasteiger charge is -2.23. The maximum Gasteiger partial charge on any atom is 0.241 e. The highest BCUT2D eigenvalue weighted by Crippen LogP contribution is 2.42. The van der Waals surface area contributed by atoms with Gasteiger partial charge in [-0.2, -0.15) is 0 Å². The average Bonchev–Trinajstić information content (AvgIpc) is 3.04. The summed E-state index contributed by atoms with van der Waals surface area (Å²) in [6.07, 6.45) is 8.42. The Balaban J connectivity index is 1.94. The first kappa shape index (κ1) is 13.9. The summed E-state index contributed by atoms with van der Waals surface area (Å²) >= 11 is 0. The van der Waals surface area contributed by atoms with Crippen molar-refractivity contribution in [1.29, 1.82) is 0 Å². The molecule has 4 atom stereocenters. The predicted molar refractivity (Wildman–Crippen MR) is 74.2 cm³/mol. The van der Waals surface area contributed by atoms with Gasteiger partial charge < -0.3 is 4.90 Å². The van der Waals surface area contributed by atoms with Crippen molar-refractivity contribution in [3.63, 3.8) is 0 Å². The molecule has 1 aliphatic heterocycles. The molecule has 1 heterocycles. The zero-order valence-electron chi connectivity index (χ0n) is 12.1. The van der Waals surface area contributed by atoms with Crippen LogP contribution >= 0.6 is 0 Å². The summed E-state index contributed by atoms with van der Waals surface area (Å²) in [5, 5.41) is 3.54. The van der Waals surface area contributed by atoms with Gasteiger partial charge in [0.15, 0.2) is 0 Å². The van der Waals surface area contributed by atoms with Gasteiger partial charge in [-0.05, 0) is 31.6 Å². The number of hydrogen-bond acceptors (Lipinski definition) is 2. The van der Waals surface area contributed by atoms with Crippen molar-refractivity contribution in [3.05, 3.63) is 0 Å². The highest BCUT2D eigenvalue weighted by atomic mass is 16.2. The van der Waals surface area contributed by atoms with Gasteiger partial charge >= 0.3 is 0 Å². The molecule has 1 N–H and O–H groups in total. The third-order valence-corrected chi connectivity index (χ3v) is 4.42. The number of rotatable bonds is 7. The second kappa shape index (κ2) is 6.05. The van der Waals surface area contributed by atoms with Gasteiger partial charge in [0.25, 0.3) is 0 Å². The fraction of sp³-hybridized carbons (Fsp3) is 0.933. The van der Waals surface area contributed by atoms with Gasteiger partial charge in [0.1, 0.15) is 0 Å². The van der Waals surface area contributed by atoms with E-state index in [-0.39, 0.29) is 6.04 Å². The van der Waals surface area contributed by atoms with Gasteiger partial charge in [0.05, 0.1) is 12.2 Å². The standard InChI is InChI=1S/C15H28N2O/c1-4-7-9-12-15(18)17(14(6-3)16-12)13-10-11(13)8-5-2/h11-14,16H,4-10H2,1-3H3. The monoisotopic (exact) mass is 252 g/mol.